The van der Waals surface area contributed by atoms with Crippen LogP contribution in [0.15, 0.2) is 52.9 Å². The number of benzene rings is 2. The van der Waals surface area contributed by atoms with Crippen molar-refractivity contribution in [2.75, 3.05) is 36.0 Å². The van der Waals surface area contributed by atoms with Gasteiger partial charge in [-0.25, -0.2) is 9.00 Å². The maximum atomic E-state index is 14.0. The molecule has 2 aromatic rings. The highest BCUT2D eigenvalue weighted by atomic mass is 35.5. The van der Waals surface area contributed by atoms with E-state index in [2.05, 4.69) is 37.5 Å². The number of carbonyl (C=O) groups is 2. The minimum Gasteiger partial charge on any atom is -0.481 e. The number of urea groups is 1. The highest BCUT2D eigenvalue weighted by Crippen LogP contribution is 2.42. The number of aryl methyl sites for hydroxylation is 1. The van der Waals surface area contributed by atoms with E-state index in [-0.39, 0.29) is 17.9 Å². The van der Waals surface area contributed by atoms with E-state index in [9.17, 15) is 13.8 Å². The van der Waals surface area contributed by atoms with Gasteiger partial charge in [0.1, 0.15) is 21.6 Å². The molecule has 2 aliphatic carbocycles. The summed E-state index contributed by atoms with van der Waals surface area (Å²) in [5.74, 6) is 2.19. The summed E-state index contributed by atoms with van der Waals surface area (Å²) in [5, 5.41) is 3.51. The van der Waals surface area contributed by atoms with Crippen LogP contribution in [0.3, 0.4) is 0 Å². The number of allylic oxidation sites excluding steroid dienone is 1. The van der Waals surface area contributed by atoms with Crippen molar-refractivity contribution in [3.05, 3.63) is 70.3 Å². The molecule has 4 aliphatic rings. The smallest absolute Gasteiger partial charge is 0.327 e. The van der Waals surface area contributed by atoms with Crippen molar-refractivity contribution in [2.45, 2.75) is 63.6 Å². The van der Waals surface area contributed by atoms with Gasteiger partial charge in [0.2, 0.25) is 0 Å². The first-order valence-corrected chi connectivity index (χ1v) is 19.0. The Hall–Kier alpha value is -2.73. The van der Waals surface area contributed by atoms with Gasteiger partial charge in [-0.3, -0.25) is 9.52 Å². The first kappa shape index (κ1) is 32.2. The van der Waals surface area contributed by atoms with Gasteiger partial charge in [0, 0.05) is 42.6 Å². The molecule has 12 heteroatoms. The quantitative estimate of drug-likeness (QED) is 0.366. The van der Waals surface area contributed by atoms with Gasteiger partial charge in [-0.2, -0.15) is 0 Å². The third kappa shape index (κ3) is 8.17. The van der Waals surface area contributed by atoms with Crippen LogP contribution in [0.5, 0.6) is 5.75 Å². The van der Waals surface area contributed by atoms with E-state index in [1.165, 1.54) is 11.1 Å². The lowest BCUT2D eigenvalue weighted by Gasteiger charge is -2.43. The Bertz CT molecular complexity index is 1570. The minimum absolute atomic E-state index is 0.0387. The normalized spacial score (nSPS) is 28.1. The summed E-state index contributed by atoms with van der Waals surface area (Å²) < 4.78 is 33.0. The molecule has 1 unspecified atom stereocenters. The van der Waals surface area contributed by atoms with Crippen LogP contribution in [0, 0.1) is 11.8 Å². The molecule has 4 atom stereocenters. The van der Waals surface area contributed by atoms with E-state index >= 15 is 0 Å². The molecule has 9 nitrogen and oxygen atoms in total. The molecule has 2 fully saturated rings. The molecule has 0 radical (unpaired) electrons. The van der Waals surface area contributed by atoms with Crippen LogP contribution in [0.2, 0.25) is 5.02 Å². The predicted octanol–water partition coefficient (Wildman–Crippen LogP) is 6.35. The monoisotopic (exact) mass is 672 g/mol. The molecule has 0 saturated heterocycles. The average Bonchev–Trinajstić information content (AvgIpc) is 3.81. The third-order valence-corrected chi connectivity index (χ3v) is 11.8. The number of nitrogens with zero attached hydrogens (tertiary/aromatic N) is 2. The van der Waals surface area contributed by atoms with Crippen LogP contribution < -0.4 is 19.7 Å². The van der Waals surface area contributed by atoms with E-state index in [1.54, 1.807) is 31.0 Å². The lowest BCUT2D eigenvalue weighted by molar-refractivity contribution is 0.0134. The summed E-state index contributed by atoms with van der Waals surface area (Å²) in [6.07, 6.45) is 10.0. The van der Waals surface area contributed by atoms with E-state index in [0.717, 1.165) is 50.1 Å². The molecular weight excluding hydrogens is 632 g/mol. The van der Waals surface area contributed by atoms with E-state index in [1.807, 2.05) is 18.2 Å². The van der Waals surface area contributed by atoms with Gasteiger partial charge >= 0.3 is 6.03 Å². The Morgan fingerprint density at radius 1 is 1.16 bits per heavy atom. The summed E-state index contributed by atoms with van der Waals surface area (Å²) in [5.41, 5.74) is 3.46. The first-order valence-electron chi connectivity index (χ1n) is 15.7. The highest BCUT2D eigenvalue weighted by Gasteiger charge is 2.38. The Labute approximate surface area is 275 Å². The highest BCUT2D eigenvalue weighted by molar-refractivity contribution is 7.99. The minimum atomic E-state index is -3.38. The first-order chi connectivity index (χ1) is 21.8. The number of hydrogen-bond acceptors (Lipinski definition) is 7. The molecule has 2 aliphatic heterocycles. The van der Waals surface area contributed by atoms with Crippen LogP contribution in [0.4, 0.5) is 10.5 Å². The second-order valence-corrected chi connectivity index (χ2v) is 15.8. The van der Waals surface area contributed by atoms with Crippen molar-refractivity contribution < 1.29 is 23.3 Å². The molecule has 0 aromatic heterocycles. The summed E-state index contributed by atoms with van der Waals surface area (Å²) in [7, 11) is -1.63. The van der Waals surface area contributed by atoms with Crippen molar-refractivity contribution in [3.63, 3.8) is 0 Å². The van der Waals surface area contributed by atoms with Crippen molar-refractivity contribution in [3.8, 4) is 5.75 Å². The standard InChI is InChI=1S/C33H41ClN4O5S2/c1-42-30-5-3-2-4-16-45(41,37-33(40)35-27-10-11-27)36-32(39)23-8-13-31-29(18-23)38(20-25-7-12-28(25)30)19-24-6-9-26(34)17-22(24)14-15-44-21-43-31/h3,5-6,8-9,13,17-18,25,27-28,30H,2,4,7,10-12,14-16,19-21H2,1H3,(H2,35,36,37,39,40,41)/b5-3+/t25-,28+,30-,45?/m0/s1. The topological polar surface area (TPSA) is 109 Å². The Morgan fingerprint density at radius 3 is 2.80 bits per heavy atom. The number of carbonyl (C=O) groups excluding carboxylic acids is 2. The Kier molecular flexibility index (Phi) is 10.3. The van der Waals surface area contributed by atoms with Crippen molar-refractivity contribution in [1.82, 2.24) is 10.0 Å². The zero-order valence-electron chi connectivity index (χ0n) is 25.5. The van der Waals surface area contributed by atoms with E-state index < -0.39 is 21.9 Å². The van der Waals surface area contributed by atoms with Gasteiger partial charge in [0.05, 0.1) is 17.5 Å². The second kappa shape index (κ2) is 14.4. The number of ether oxygens (including phenoxy) is 2. The maximum absolute atomic E-state index is 14.0. The van der Waals surface area contributed by atoms with Gasteiger partial charge in [-0.15, -0.1) is 16.1 Å². The van der Waals surface area contributed by atoms with Crippen LogP contribution in [0.25, 0.3) is 0 Å². The van der Waals surface area contributed by atoms with Gasteiger partial charge in [-0.05, 0) is 98.2 Å². The zero-order valence-corrected chi connectivity index (χ0v) is 27.9. The fourth-order valence-electron chi connectivity index (χ4n) is 6.25. The Balaban J connectivity index is 1.42. The third-order valence-electron chi connectivity index (χ3n) is 9.03. The summed E-state index contributed by atoms with van der Waals surface area (Å²) in [4.78, 5) is 28.6. The largest absolute Gasteiger partial charge is 0.481 e. The van der Waals surface area contributed by atoms with E-state index in [4.69, 9.17) is 21.1 Å². The summed E-state index contributed by atoms with van der Waals surface area (Å²) >= 11 is 8.13. The van der Waals surface area contributed by atoms with Crippen molar-refractivity contribution >= 4 is 50.9 Å². The molecule has 2 aromatic carbocycles. The summed E-state index contributed by atoms with van der Waals surface area (Å²) in [6, 6.07) is 10.9. The van der Waals surface area contributed by atoms with Crippen LogP contribution in [-0.4, -0.2) is 59.4 Å². The molecule has 2 N–H and O–H groups in total. The molecule has 0 spiro atoms. The predicted molar refractivity (Wildman–Crippen MR) is 180 cm³/mol. The number of anilines is 1. The number of amides is 3. The maximum Gasteiger partial charge on any atom is 0.327 e. The molecule has 3 amide bonds. The van der Waals surface area contributed by atoms with Gasteiger partial charge in [0.25, 0.3) is 5.91 Å². The number of fused-ring (bicyclic) bond motifs is 3. The summed E-state index contributed by atoms with van der Waals surface area (Å²) in [6.45, 7) is 1.36. The van der Waals surface area contributed by atoms with Crippen molar-refractivity contribution in [1.29, 1.82) is 0 Å². The lowest BCUT2D eigenvalue weighted by Crippen LogP contribution is -2.43. The number of rotatable bonds is 3. The van der Waals surface area contributed by atoms with Crippen LogP contribution in [-0.2, 0) is 27.6 Å². The molecule has 6 rings (SSSR count). The zero-order chi connectivity index (χ0) is 31.4. The molecular formula is C33H41ClN4O5S2. The molecule has 242 valence electrons. The second-order valence-electron chi connectivity index (χ2n) is 12.3. The number of thioether (sulfide) groups is 1. The van der Waals surface area contributed by atoms with Crippen LogP contribution in [0.1, 0.15) is 60.0 Å². The van der Waals surface area contributed by atoms with E-state index in [0.29, 0.717) is 53.5 Å². The fraction of sp³-hybridized carbons (Fsp3) is 0.515. The molecule has 2 saturated carbocycles. The van der Waals surface area contributed by atoms with Crippen LogP contribution >= 0.6 is 23.4 Å². The molecule has 2 bridgehead atoms. The van der Waals surface area contributed by atoms with Crippen molar-refractivity contribution in [2.24, 2.45) is 16.2 Å². The number of hydrogen-bond donors (Lipinski definition) is 2. The molecule has 2 heterocycles. The lowest BCUT2D eigenvalue weighted by atomic mass is 9.70. The number of halogens is 1. The SMILES string of the molecule is CO[C@H]1/C=C/CCCS(=O)(NC(=O)NC2CC2)=NC(=O)c2ccc3c(c2)N(Cc2ccc(Cl)cc2CCSCO3)C[C@@H]2CC[C@H]21. The average molecular weight is 673 g/mol. The fourth-order valence-corrected chi connectivity index (χ4v) is 8.66. The molecule has 45 heavy (non-hydrogen) atoms. The Morgan fingerprint density at radius 2 is 2.02 bits per heavy atom. The number of nitrogens with one attached hydrogen (secondary N) is 2. The van der Waals surface area contributed by atoms with Gasteiger partial charge in [0.15, 0.2) is 0 Å². The van der Waals surface area contributed by atoms with Gasteiger partial charge < -0.3 is 19.7 Å². The number of methoxy groups -OCH3 is 1. The van der Waals surface area contributed by atoms with Gasteiger partial charge in [-0.1, -0.05) is 29.8 Å².